The van der Waals surface area contributed by atoms with Crippen LogP contribution in [0.5, 0.6) is 0 Å². The van der Waals surface area contributed by atoms with Gasteiger partial charge in [0.25, 0.3) is 5.91 Å². The van der Waals surface area contributed by atoms with Crippen molar-refractivity contribution in [1.82, 2.24) is 14.4 Å². The summed E-state index contributed by atoms with van der Waals surface area (Å²) in [5, 5.41) is 9.49. The predicted octanol–water partition coefficient (Wildman–Crippen LogP) is 1.87. The van der Waals surface area contributed by atoms with Crippen LogP contribution in [0.1, 0.15) is 23.0 Å². The summed E-state index contributed by atoms with van der Waals surface area (Å²) in [5.74, 6) is 0.106. The van der Waals surface area contributed by atoms with Gasteiger partial charge in [-0.15, -0.1) is 0 Å². The van der Waals surface area contributed by atoms with Crippen LogP contribution in [0.2, 0.25) is 0 Å². The van der Waals surface area contributed by atoms with E-state index in [-0.39, 0.29) is 12.0 Å². The molecule has 0 spiro atoms. The highest BCUT2D eigenvalue weighted by Gasteiger charge is 2.24. The summed E-state index contributed by atoms with van der Waals surface area (Å²) in [4.78, 5) is 17.0. The third-order valence-corrected chi connectivity index (χ3v) is 4.71. The van der Waals surface area contributed by atoms with Crippen molar-refractivity contribution < 1.29 is 9.90 Å². The van der Waals surface area contributed by atoms with E-state index in [2.05, 4.69) is 21.6 Å². The number of hydrogen-bond acceptors (Lipinski definition) is 3. The van der Waals surface area contributed by atoms with Crippen molar-refractivity contribution in [3.63, 3.8) is 0 Å². The normalized spacial score (nSPS) is 16.8. The number of hydrogen-bond donors (Lipinski definition) is 1. The lowest BCUT2D eigenvalue weighted by Gasteiger charge is -2.35. The van der Waals surface area contributed by atoms with Gasteiger partial charge in [-0.25, -0.2) is 0 Å². The lowest BCUT2D eigenvalue weighted by molar-refractivity contribution is 0.0545. The molecule has 25 heavy (non-hydrogen) atoms. The number of rotatable bonds is 6. The summed E-state index contributed by atoms with van der Waals surface area (Å²) in [7, 11) is 0. The minimum Gasteiger partial charge on any atom is -0.392 e. The number of benzene rings is 1. The van der Waals surface area contributed by atoms with Crippen molar-refractivity contribution in [3.8, 4) is 0 Å². The lowest BCUT2D eigenvalue weighted by atomic mass is 10.1. The Kier molecular flexibility index (Phi) is 5.89. The maximum Gasteiger partial charge on any atom is 0.270 e. The van der Waals surface area contributed by atoms with Crippen LogP contribution in [-0.4, -0.2) is 64.2 Å². The Morgan fingerprint density at radius 2 is 1.80 bits per heavy atom. The standard InChI is InChI=1S/C20H27N3O2/c1-17(24)16-21-12-14-23(15-13-21)20(25)19-8-5-10-22(19)11-9-18-6-3-2-4-7-18/h2-8,10,17,24H,9,11-16H2,1H3/t17-/m0/s1. The Hall–Kier alpha value is -2.11. The summed E-state index contributed by atoms with van der Waals surface area (Å²) >= 11 is 0. The first-order valence-electron chi connectivity index (χ1n) is 9.02. The number of aliphatic hydroxyl groups is 1. The van der Waals surface area contributed by atoms with Crippen LogP contribution in [0.3, 0.4) is 0 Å². The van der Waals surface area contributed by atoms with E-state index in [1.807, 2.05) is 41.4 Å². The van der Waals surface area contributed by atoms with Crippen molar-refractivity contribution in [1.29, 1.82) is 0 Å². The fourth-order valence-electron chi connectivity index (χ4n) is 3.37. The monoisotopic (exact) mass is 341 g/mol. The molecule has 3 rings (SSSR count). The van der Waals surface area contributed by atoms with E-state index >= 15 is 0 Å². The number of amides is 1. The average molecular weight is 341 g/mol. The summed E-state index contributed by atoms with van der Waals surface area (Å²) in [6.07, 6.45) is 2.58. The highest BCUT2D eigenvalue weighted by atomic mass is 16.3. The van der Waals surface area contributed by atoms with Gasteiger partial charge in [0.15, 0.2) is 0 Å². The van der Waals surface area contributed by atoms with Gasteiger partial charge in [0.1, 0.15) is 5.69 Å². The zero-order chi connectivity index (χ0) is 17.6. The molecule has 0 bridgehead atoms. The number of carbonyl (C=O) groups is 1. The molecule has 0 aliphatic carbocycles. The molecule has 5 nitrogen and oxygen atoms in total. The van der Waals surface area contributed by atoms with Gasteiger partial charge in [0, 0.05) is 45.5 Å². The highest BCUT2D eigenvalue weighted by molar-refractivity contribution is 5.92. The average Bonchev–Trinajstić information content (AvgIpc) is 3.09. The molecule has 1 fully saturated rings. The van der Waals surface area contributed by atoms with Gasteiger partial charge in [-0.1, -0.05) is 30.3 Å². The molecule has 1 saturated heterocycles. The topological polar surface area (TPSA) is 48.7 Å². The smallest absolute Gasteiger partial charge is 0.270 e. The Morgan fingerprint density at radius 3 is 2.48 bits per heavy atom. The molecule has 1 N–H and O–H groups in total. The van der Waals surface area contributed by atoms with Crippen molar-refractivity contribution in [3.05, 3.63) is 59.9 Å². The molecule has 2 aromatic rings. The molecule has 1 aromatic carbocycles. The summed E-state index contributed by atoms with van der Waals surface area (Å²) in [6.45, 7) is 6.36. The Balaban J connectivity index is 1.57. The number of nitrogens with zero attached hydrogens (tertiary/aromatic N) is 3. The number of β-amino-alcohol motifs (C(OH)–C–C–N with tert-alkyl or cyclic N) is 1. The SMILES string of the molecule is C[C@H](O)CN1CCN(C(=O)c2cccn2CCc2ccccc2)CC1. The molecule has 1 aliphatic heterocycles. The molecular formula is C20H27N3O2. The molecule has 0 unspecified atom stereocenters. The lowest BCUT2D eigenvalue weighted by Crippen LogP contribution is -2.50. The van der Waals surface area contributed by atoms with E-state index in [0.717, 1.165) is 44.8 Å². The molecule has 1 aliphatic rings. The second-order valence-electron chi connectivity index (χ2n) is 6.76. The maximum absolute atomic E-state index is 12.9. The van der Waals surface area contributed by atoms with Crippen LogP contribution in [0.15, 0.2) is 48.7 Å². The first kappa shape index (κ1) is 17.7. The zero-order valence-electron chi connectivity index (χ0n) is 14.8. The summed E-state index contributed by atoms with van der Waals surface area (Å²) < 4.78 is 2.05. The number of aliphatic hydroxyl groups excluding tert-OH is 1. The highest BCUT2D eigenvalue weighted by Crippen LogP contribution is 2.12. The Labute approximate surface area is 149 Å². The maximum atomic E-state index is 12.9. The van der Waals surface area contributed by atoms with Crippen LogP contribution in [0, 0.1) is 0 Å². The van der Waals surface area contributed by atoms with E-state index in [1.165, 1.54) is 5.56 Å². The predicted molar refractivity (Wildman–Crippen MR) is 98.6 cm³/mol. The fraction of sp³-hybridized carbons (Fsp3) is 0.450. The third kappa shape index (κ3) is 4.71. The number of piperazine rings is 1. The zero-order valence-corrected chi connectivity index (χ0v) is 14.8. The van der Waals surface area contributed by atoms with E-state index in [9.17, 15) is 9.90 Å². The molecule has 0 saturated carbocycles. The number of carbonyl (C=O) groups excluding carboxylic acids is 1. The number of aryl methyl sites for hydroxylation is 2. The van der Waals surface area contributed by atoms with Crippen LogP contribution >= 0.6 is 0 Å². The van der Waals surface area contributed by atoms with Gasteiger partial charge in [0.05, 0.1) is 6.10 Å². The first-order valence-corrected chi connectivity index (χ1v) is 9.02. The van der Waals surface area contributed by atoms with Crippen LogP contribution in [-0.2, 0) is 13.0 Å². The van der Waals surface area contributed by atoms with Gasteiger partial charge in [-0.3, -0.25) is 9.69 Å². The van der Waals surface area contributed by atoms with Gasteiger partial charge in [0.2, 0.25) is 0 Å². The summed E-state index contributed by atoms with van der Waals surface area (Å²) in [5.41, 5.74) is 2.04. The molecular weight excluding hydrogens is 314 g/mol. The quantitative estimate of drug-likeness (QED) is 0.873. The molecule has 2 heterocycles. The molecule has 5 heteroatoms. The summed E-state index contributed by atoms with van der Waals surface area (Å²) in [6, 6.07) is 14.2. The van der Waals surface area contributed by atoms with Gasteiger partial charge in [-0.2, -0.15) is 0 Å². The third-order valence-electron chi connectivity index (χ3n) is 4.71. The van der Waals surface area contributed by atoms with Crippen molar-refractivity contribution >= 4 is 5.91 Å². The van der Waals surface area contributed by atoms with Crippen molar-refractivity contribution in [2.24, 2.45) is 0 Å². The van der Waals surface area contributed by atoms with Crippen LogP contribution < -0.4 is 0 Å². The number of aromatic nitrogens is 1. The Bertz CT molecular complexity index is 673. The largest absolute Gasteiger partial charge is 0.392 e. The molecule has 1 atom stereocenters. The van der Waals surface area contributed by atoms with Gasteiger partial charge >= 0.3 is 0 Å². The minimum absolute atomic E-state index is 0.106. The minimum atomic E-state index is -0.322. The Morgan fingerprint density at radius 1 is 1.08 bits per heavy atom. The van der Waals surface area contributed by atoms with E-state index < -0.39 is 0 Å². The molecule has 1 aromatic heterocycles. The first-order chi connectivity index (χ1) is 12.1. The second kappa shape index (κ2) is 8.32. The molecule has 1 amide bonds. The fourth-order valence-corrected chi connectivity index (χ4v) is 3.37. The van der Waals surface area contributed by atoms with Gasteiger partial charge in [-0.05, 0) is 31.0 Å². The van der Waals surface area contributed by atoms with E-state index in [4.69, 9.17) is 0 Å². The van der Waals surface area contributed by atoms with E-state index in [1.54, 1.807) is 6.92 Å². The van der Waals surface area contributed by atoms with E-state index in [0.29, 0.717) is 6.54 Å². The van der Waals surface area contributed by atoms with Crippen molar-refractivity contribution in [2.75, 3.05) is 32.7 Å². The second-order valence-corrected chi connectivity index (χ2v) is 6.76. The van der Waals surface area contributed by atoms with Gasteiger partial charge < -0.3 is 14.6 Å². The van der Waals surface area contributed by atoms with Crippen LogP contribution in [0.25, 0.3) is 0 Å². The molecule has 134 valence electrons. The molecule has 0 radical (unpaired) electrons. The van der Waals surface area contributed by atoms with Crippen molar-refractivity contribution in [2.45, 2.75) is 26.0 Å². The van der Waals surface area contributed by atoms with Crippen LogP contribution in [0.4, 0.5) is 0 Å².